The molecule has 9 N–H and O–H groups in total. The smallest absolute Gasteiger partial charge is 0.220 e. The molecule has 0 aromatic carbocycles. The van der Waals surface area contributed by atoms with Crippen molar-refractivity contribution in [3.05, 3.63) is 48.6 Å². The highest BCUT2D eigenvalue weighted by Gasteiger charge is 2.51. The normalized spacial score (nSPS) is 23.5. The van der Waals surface area contributed by atoms with Gasteiger partial charge in [0.25, 0.3) is 0 Å². The summed E-state index contributed by atoms with van der Waals surface area (Å²) < 4.78 is 22.9. The Kier molecular flexibility index (Phi) is 53.9. The summed E-state index contributed by atoms with van der Waals surface area (Å²) in [6.07, 6.45) is 58.4. The first kappa shape index (κ1) is 81.0. The van der Waals surface area contributed by atoms with Gasteiger partial charge in [-0.05, 0) is 51.4 Å². The van der Waals surface area contributed by atoms with Crippen molar-refractivity contribution in [2.75, 3.05) is 19.8 Å². The van der Waals surface area contributed by atoms with E-state index < -0.39 is 86.8 Å². The molecule has 12 unspecified atom stereocenters. The summed E-state index contributed by atoms with van der Waals surface area (Å²) in [4.78, 5) is 13.4. The first-order valence-electron chi connectivity index (χ1n) is 36.4. The lowest BCUT2D eigenvalue weighted by molar-refractivity contribution is -0.359. The molecule has 510 valence electrons. The highest BCUT2D eigenvalue weighted by molar-refractivity contribution is 5.76. The summed E-state index contributed by atoms with van der Waals surface area (Å²) in [6, 6.07) is -0.830. The van der Waals surface area contributed by atoms with Crippen molar-refractivity contribution in [3.63, 3.8) is 0 Å². The third-order valence-electron chi connectivity index (χ3n) is 17.8. The van der Waals surface area contributed by atoms with Crippen molar-refractivity contribution in [2.45, 2.75) is 389 Å². The molecule has 0 radical (unpaired) electrons. The summed E-state index contributed by atoms with van der Waals surface area (Å²) in [5.74, 6) is -0.202. The van der Waals surface area contributed by atoms with Crippen LogP contribution in [0.5, 0.6) is 0 Å². The number of aliphatic hydroxyl groups excluding tert-OH is 8. The SMILES string of the molecule is CC/C=C\C/C=C\C/C=C\C/C=C\CCCCCCCCCCCCCCCCCCCCC(=O)NC(COC1OC(CO)C(OC2OC(CO)C(O)C(O)C2O)C(O)C1O)C(O)CCCCCCCCCCCCCCCCCCCCCCCC. The van der Waals surface area contributed by atoms with Crippen LogP contribution in [0.15, 0.2) is 48.6 Å². The van der Waals surface area contributed by atoms with Gasteiger partial charge in [-0.15, -0.1) is 0 Å². The Bertz CT molecular complexity index is 1640. The third-order valence-corrected chi connectivity index (χ3v) is 17.8. The van der Waals surface area contributed by atoms with E-state index in [9.17, 15) is 45.6 Å². The van der Waals surface area contributed by atoms with Crippen molar-refractivity contribution < 1.29 is 64.6 Å². The Morgan fingerprint density at radius 1 is 0.425 bits per heavy atom. The van der Waals surface area contributed by atoms with Crippen LogP contribution < -0.4 is 5.32 Å². The number of hydrogen-bond donors (Lipinski definition) is 9. The number of allylic oxidation sites excluding steroid dienone is 8. The second kappa shape index (κ2) is 57.8. The van der Waals surface area contributed by atoms with E-state index in [1.54, 1.807) is 0 Å². The number of aliphatic hydroxyl groups is 8. The maximum atomic E-state index is 13.4. The molecule has 2 aliphatic heterocycles. The summed E-state index contributed by atoms with van der Waals surface area (Å²) in [6.45, 7) is 2.80. The highest BCUT2D eigenvalue weighted by atomic mass is 16.7. The zero-order valence-corrected chi connectivity index (χ0v) is 55.5. The molecule has 0 aromatic rings. The number of amides is 1. The fraction of sp³-hybridized carbons (Fsp3) is 0.877. The van der Waals surface area contributed by atoms with Gasteiger partial charge in [0.1, 0.15) is 48.8 Å². The molecule has 0 bridgehead atoms. The van der Waals surface area contributed by atoms with Crippen LogP contribution in [0.4, 0.5) is 0 Å². The molecule has 87 heavy (non-hydrogen) atoms. The van der Waals surface area contributed by atoms with Gasteiger partial charge in [0.15, 0.2) is 12.6 Å². The standard InChI is InChI=1S/C73H135NO13/c1-3-5-7-9-11-13-15-17-19-21-23-25-27-28-29-30-31-32-33-34-35-37-39-41-43-45-47-49-51-53-55-57-65(78)74-61(60-84-72-70(83)68(81)71(64(59-76)86-72)87-73-69(82)67(80)66(79)63(58-75)85-73)62(77)56-54-52-50-48-46-44-42-40-38-36-26-24-22-20-18-16-14-12-10-8-6-4-2/h5,7,11,13,17,19,23,25,61-64,66-73,75-77,79-83H,3-4,6,8-10,12,14-16,18,20-22,24,26-60H2,1-2H3,(H,74,78)/b7-5-,13-11-,19-17-,25-23-. The quantitative estimate of drug-likeness (QED) is 0.0204. The van der Waals surface area contributed by atoms with Crippen molar-refractivity contribution >= 4 is 5.91 Å². The van der Waals surface area contributed by atoms with Crippen molar-refractivity contribution in [2.24, 2.45) is 0 Å². The van der Waals surface area contributed by atoms with Gasteiger partial charge in [-0.3, -0.25) is 4.79 Å². The van der Waals surface area contributed by atoms with Gasteiger partial charge in [0.05, 0.1) is 32.0 Å². The average molecular weight is 1230 g/mol. The van der Waals surface area contributed by atoms with E-state index in [0.29, 0.717) is 12.8 Å². The summed E-state index contributed by atoms with van der Waals surface area (Å²) >= 11 is 0. The molecule has 12 atom stereocenters. The molecule has 0 aromatic heterocycles. The highest BCUT2D eigenvalue weighted by Crippen LogP contribution is 2.30. The first-order chi connectivity index (χ1) is 42.6. The molecule has 2 heterocycles. The molecule has 0 spiro atoms. The summed E-state index contributed by atoms with van der Waals surface area (Å²) in [5.41, 5.74) is 0. The number of rotatable bonds is 60. The van der Waals surface area contributed by atoms with E-state index in [4.69, 9.17) is 18.9 Å². The van der Waals surface area contributed by atoms with Crippen LogP contribution in [-0.2, 0) is 23.7 Å². The van der Waals surface area contributed by atoms with Crippen molar-refractivity contribution in [1.29, 1.82) is 0 Å². The number of unbranched alkanes of at least 4 members (excludes halogenated alkanes) is 39. The molecule has 14 heteroatoms. The van der Waals surface area contributed by atoms with E-state index in [2.05, 4.69) is 67.8 Å². The molecular formula is C73H135NO13. The largest absolute Gasteiger partial charge is 0.394 e. The Balaban J connectivity index is 1.64. The van der Waals surface area contributed by atoms with Crippen LogP contribution in [0.3, 0.4) is 0 Å². The Morgan fingerprint density at radius 2 is 0.793 bits per heavy atom. The fourth-order valence-corrected chi connectivity index (χ4v) is 12.1. The van der Waals surface area contributed by atoms with Crippen molar-refractivity contribution in [1.82, 2.24) is 5.32 Å². The molecular weight excluding hydrogens is 1100 g/mol. The topological polar surface area (TPSA) is 228 Å². The van der Waals surface area contributed by atoms with Crippen molar-refractivity contribution in [3.8, 4) is 0 Å². The predicted octanol–water partition coefficient (Wildman–Crippen LogP) is 15.1. The summed E-state index contributed by atoms with van der Waals surface area (Å²) in [5, 5.41) is 87.7. The van der Waals surface area contributed by atoms with E-state index in [1.807, 2.05) is 0 Å². The van der Waals surface area contributed by atoms with E-state index >= 15 is 0 Å². The maximum Gasteiger partial charge on any atom is 0.220 e. The van der Waals surface area contributed by atoms with Gasteiger partial charge < -0.3 is 65.1 Å². The minimum Gasteiger partial charge on any atom is -0.394 e. The molecule has 2 fully saturated rings. The molecule has 0 saturated carbocycles. The molecule has 2 rings (SSSR count). The zero-order valence-electron chi connectivity index (χ0n) is 55.5. The lowest BCUT2D eigenvalue weighted by Crippen LogP contribution is -2.65. The van der Waals surface area contributed by atoms with Gasteiger partial charge in [-0.25, -0.2) is 0 Å². The molecule has 0 aliphatic carbocycles. The van der Waals surface area contributed by atoms with E-state index in [0.717, 1.165) is 77.0 Å². The second-order valence-corrected chi connectivity index (χ2v) is 25.7. The third kappa shape index (κ3) is 41.9. The number of nitrogens with one attached hydrogen (secondary N) is 1. The van der Waals surface area contributed by atoms with Crippen LogP contribution >= 0.6 is 0 Å². The minimum absolute atomic E-state index is 0.202. The van der Waals surface area contributed by atoms with Crippen LogP contribution in [0.2, 0.25) is 0 Å². The van der Waals surface area contributed by atoms with Crippen LogP contribution in [-0.4, -0.2) is 140 Å². The number of ether oxygens (including phenoxy) is 4. The van der Waals surface area contributed by atoms with Gasteiger partial charge in [-0.2, -0.15) is 0 Å². The predicted molar refractivity (Wildman–Crippen MR) is 355 cm³/mol. The fourth-order valence-electron chi connectivity index (χ4n) is 12.1. The lowest BCUT2D eigenvalue weighted by Gasteiger charge is -2.46. The van der Waals surface area contributed by atoms with E-state index in [-0.39, 0.29) is 12.5 Å². The van der Waals surface area contributed by atoms with Crippen LogP contribution in [0.25, 0.3) is 0 Å². The van der Waals surface area contributed by atoms with Gasteiger partial charge in [0.2, 0.25) is 5.91 Å². The minimum atomic E-state index is -1.78. The molecule has 2 aliphatic rings. The molecule has 14 nitrogen and oxygen atoms in total. The lowest BCUT2D eigenvalue weighted by atomic mass is 9.97. The van der Waals surface area contributed by atoms with Crippen LogP contribution in [0, 0.1) is 0 Å². The number of carbonyl (C=O) groups excluding carboxylic acids is 1. The first-order valence-corrected chi connectivity index (χ1v) is 36.4. The Morgan fingerprint density at radius 3 is 1.22 bits per heavy atom. The average Bonchev–Trinajstić information content (AvgIpc) is 2.33. The number of carbonyl (C=O) groups is 1. The molecule has 1 amide bonds. The summed E-state index contributed by atoms with van der Waals surface area (Å²) in [7, 11) is 0. The van der Waals surface area contributed by atoms with Gasteiger partial charge >= 0.3 is 0 Å². The van der Waals surface area contributed by atoms with Gasteiger partial charge in [0, 0.05) is 6.42 Å². The zero-order chi connectivity index (χ0) is 63.1. The second-order valence-electron chi connectivity index (χ2n) is 25.7. The van der Waals surface area contributed by atoms with Crippen LogP contribution in [0.1, 0.15) is 316 Å². The monoisotopic (exact) mass is 1230 g/mol. The molecule has 2 saturated heterocycles. The Hall–Kier alpha value is -2.05. The van der Waals surface area contributed by atoms with Gasteiger partial charge in [-0.1, -0.05) is 306 Å². The Labute approximate surface area is 531 Å². The number of hydrogen-bond acceptors (Lipinski definition) is 13. The maximum absolute atomic E-state index is 13.4. The van der Waals surface area contributed by atoms with E-state index in [1.165, 1.54) is 212 Å².